The van der Waals surface area contributed by atoms with Crippen molar-refractivity contribution in [3.8, 4) is 52.3 Å². The molecular weight excluding hydrogens is 1300 g/mol. The van der Waals surface area contributed by atoms with E-state index in [1.165, 1.54) is 340 Å². The minimum atomic E-state index is 0.0433. The average molecular weight is 1420 g/mol. The number of unbranched alkanes of at least 4 members (excludes halogenated alkanes) is 36. The molecule has 0 bridgehead atoms. The maximum Gasteiger partial charge on any atom is 0.186 e. The Morgan fingerprint density at radius 1 is 0.267 bits per heavy atom. The van der Waals surface area contributed by atoms with E-state index in [0.29, 0.717) is 0 Å². The molecule has 4 aliphatic rings. The Balaban J connectivity index is 1.01. The molecule has 4 aromatic rings. The Morgan fingerprint density at radius 2 is 0.478 bits per heavy atom. The van der Waals surface area contributed by atoms with Crippen molar-refractivity contribution in [3.63, 3.8) is 0 Å². The van der Waals surface area contributed by atoms with Crippen LogP contribution in [-0.2, 0) is 0 Å². The van der Waals surface area contributed by atoms with E-state index in [4.69, 9.17) is 18.9 Å². The summed E-state index contributed by atoms with van der Waals surface area (Å²) in [6, 6.07) is 0. The lowest BCUT2D eigenvalue weighted by Crippen LogP contribution is -2.33. The fourth-order valence-corrected chi connectivity index (χ4v) is 26.8. The summed E-state index contributed by atoms with van der Waals surface area (Å²) in [7, 11) is 0. The van der Waals surface area contributed by atoms with Gasteiger partial charge in [0, 0.05) is 53.4 Å². The van der Waals surface area contributed by atoms with Crippen LogP contribution in [0.1, 0.15) is 310 Å². The highest BCUT2D eigenvalue weighted by Gasteiger charge is 2.41. The maximum atomic E-state index is 7.41. The van der Waals surface area contributed by atoms with Crippen LogP contribution in [0.3, 0.4) is 0 Å². The lowest BCUT2D eigenvalue weighted by molar-refractivity contribution is 0.0777. The highest BCUT2D eigenvalue weighted by atomic mass is 32.2. The van der Waals surface area contributed by atoms with Crippen molar-refractivity contribution in [3.05, 3.63) is 0 Å². The second-order valence-electron chi connectivity index (χ2n) is 27.3. The van der Waals surface area contributed by atoms with Gasteiger partial charge in [-0.15, -0.1) is 116 Å². The largest absolute Gasteiger partial charge is 0.487 e. The molecule has 0 saturated carbocycles. The first-order valence-corrected chi connectivity index (χ1v) is 46.9. The molecule has 8 rings (SSSR count). The number of thiophene rings is 4. The fourth-order valence-electron chi connectivity index (χ4n) is 14.1. The lowest BCUT2D eigenvalue weighted by Gasteiger charge is -2.31. The number of hydrogen-bond donors (Lipinski definition) is 0. The van der Waals surface area contributed by atoms with Crippen molar-refractivity contribution in [2.45, 2.75) is 338 Å². The van der Waals surface area contributed by atoms with Gasteiger partial charge >= 0.3 is 0 Å². The van der Waals surface area contributed by atoms with E-state index < -0.39 is 0 Å². The minimum Gasteiger partial charge on any atom is -0.487 e. The summed E-state index contributed by atoms with van der Waals surface area (Å²) in [5.74, 6) is 8.66. The first kappa shape index (κ1) is 75.9. The Labute approximate surface area is 592 Å². The molecular formula is C76H122O4S10. The molecule has 0 aromatic carbocycles. The number of thioether (sulfide) groups is 6. The number of ether oxygens (including phenoxy) is 4. The summed E-state index contributed by atoms with van der Waals surface area (Å²) in [4.78, 5) is 14.3. The van der Waals surface area contributed by atoms with Crippen molar-refractivity contribution >= 4 is 116 Å². The van der Waals surface area contributed by atoms with Crippen molar-refractivity contribution in [2.75, 3.05) is 62.0 Å². The molecule has 0 unspecified atom stereocenters. The van der Waals surface area contributed by atoms with Crippen LogP contribution >= 0.6 is 116 Å². The molecule has 4 aromatic heterocycles. The second-order valence-corrected chi connectivity index (χ2v) is 37.9. The van der Waals surface area contributed by atoms with Crippen LogP contribution in [0.15, 0.2) is 28.0 Å². The molecule has 0 N–H and O–H groups in total. The Kier molecular flexibility index (Phi) is 36.7. The molecule has 8 heterocycles. The third kappa shape index (κ3) is 23.1. The van der Waals surface area contributed by atoms with Gasteiger partial charge in [0.25, 0.3) is 0 Å². The van der Waals surface area contributed by atoms with Gasteiger partial charge in [0.15, 0.2) is 23.0 Å². The Morgan fingerprint density at radius 3 is 0.711 bits per heavy atom. The number of fused-ring (bicyclic) bond motifs is 4. The quantitative estimate of drug-likeness (QED) is 0.0315. The van der Waals surface area contributed by atoms with Crippen LogP contribution < -0.4 is 18.9 Å². The van der Waals surface area contributed by atoms with Gasteiger partial charge in [0.1, 0.15) is 8.42 Å². The summed E-state index contributed by atoms with van der Waals surface area (Å²) in [5, 5.41) is 0. The van der Waals surface area contributed by atoms with Gasteiger partial charge in [-0.05, 0) is 38.2 Å². The monoisotopic (exact) mass is 1420 g/mol. The molecule has 0 aliphatic carbocycles. The molecule has 0 atom stereocenters. The van der Waals surface area contributed by atoms with E-state index in [9.17, 15) is 0 Å². The van der Waals surface area contributed by atoms with E-state index in [2.05, 4.69) is 110 Å². The van der Waals surface area contributed by atoms with Crippen molar-refractivity contribution in [1.29, 1.82) is 0 Å². The molecule has 0 fully saturated rings. The minimum absolute atomic E-state index is 0.0433. The molecule has 0 radical (unpaired) electrons. The molecule has 0 amide bonds. The Bertz CT molecular complexity index is 2370. The van der Waals surface area contributed by atoms with E-state index in [0.717, 1.165) is 72.4 Å². The average Bonchev–Trinajstić information content (AvgIpc) is 1.59. The van der Waals surface area contributed by atoms with Crippen molar-refractivity contribution in [2.24, 2.45) is 10.8 Å². The number of hydrogen-bond acceptors (Lipinski definition) is 14. The molecule has 90 heavy (non-hydrogen) atoms. The first-order chi connectivity index (χ1) is 44.4. The molecule has 0 spiro atoms. The normalized spacial score (nSPS) is 15.9. The first-order valence-electron chi connectivity index (χ1n) is 37.2. The van der Waals surface area contributed by atoms with Gasteiger partial charge in [-0.25, -0.2) is 0 Å². The fraction of sp³-hybridized carbons (Fsp3) is 0.789. The van der Waals surface area contributed by atoms with Gasteiger partial charge in [0.05, 0.1) is 55.7 Å². The predicted molar refractivity (Wildman–Crippen MR) is 413 cm³/mol. The lowest BCUT2D eigenvalue weighted by atomic mass is 9.79. The highest BCUT2D eigenvalue weighted by Crippen LogP contribution is 2.66. The summed E-state index contributed by atoms with van der Waals surface area (Å²) >= 11 is 20.1. The van der Waals surface area contributed by atoms with E-state index in [1.54, 1.807) is 0 Å². The Hall–Kier alpha value is 0.1000. The van der Waals surface area contributed by atoms with Crippen LogP contribution in [-0.4, -0.2) is 62.0 Å². The SMILES string of the molecule is CCCCCCCCCCCCC1(CCCCCCCCCCCC)COc2c(SC)sc(-c3sc(-c4sc(-c5sc(SC)c6c5OCC(CCCCCCCCCCCC)(CCCCCCCCCCCC)CO6)c5c4SCCS5)c4c3SCCS4)c2OC1. The zero-order chi connectivity index (χ0) is 62.9. The van der Waals surface area contributed by atoms with Gasteiger partial charge < -0.3 is 18.9 Å². The van der Waals surface area contributed by atoms with E-state index in [1.807, 2.05) is 46.2 Å². The van der Waals surface area contributed by atoms with Crippen LogP contribution in [0.5, 0.6) is 23.0 Å². The van der Waals surface area contributed by atoms with Crippen LogP contribution in [0.25, 0.3) is 29.3 Å². The van der Waals surface area contributed by atoms with E-state index >= 15 is 0 Å². The molecule has 4 nitrogen and oxygen atoms in total. The molecule has 4 aliphatic heterocycles. The van der Waals surface area contributed by atoms with Gasteiger partial charge in [-0.2, -0.15) is 0 Å². The summed E-state index contributed by atoms with van der Waals surface area (Å²) in [6.45, 7) is 12.4. The van der Waals surface area contributed by atoms with Crippen LogP contribution in [0, 0.1) is 10.8 Å². The van der Waals surface area contributed by atoms with Gasteiger partial charge in [-0.1, -0.05) is 285 Å². The van der Waals surface area contributed by atoms with Gasteiger partial charge in [0.2, 0.25) is 0 Å². The van der Waals surface area contributed by atoms with Gasteiger partial charge in [-0.3, -0.25) is 0 Å². The molecule has 510 valence electrons. The molecule has 14 heteroatoms. The molecule has 0 saturated heterocycles. The van der Waals surface area contributed by atoms with Crippen molar-refractivity contribution < 1.29 is 18.9 Å². The summed E-state index contributed by atoms with van der Waals surface area (Å²) in [5.41, 5.74) is 0.0866. The standard InChI is InChI=1S/C76H122O4S10/c1-7-11-15-19-23-27-31-35-39-43-47-75(48-44-40-36-32-28-24-20-16-12-8-2)55-77-59-61(79-57-75)73(81-5)89-63(59)69-65-67(85-53-51-83-65)71(87-69)72-68-66(84-52-54-86-68)70(88-72)64-60-62(74(82-6)90-64)80-58-76(56-78-60,49-45-41-37-33-29-25-21-17-13-9-3)50-46-42-38-34-30-26-22-18-14-10-4/h7-58H2,1-6H3. The van der Waals surface area contributed by atoms with Crippen LogP contribution in [0.2, 0.25) is 0 Å². The second kappa shape index (κ2) is 43.5. The van der Waals surface area contributed by atoms with Crippen molar-refractivity contribution in [1.82, 2.24) is 0 Å². The summed E-state index contributed by atoms with van der Waals surface area (Å²) in [6.07, 6.45) is 64.2. The smallest absolute Gasteiger partial charge is 0.186 e. The predicted octanol–water partition coefficient (Wildman–Crippen LogP) is 29.5. The maximum absolute atomic E-state index is 7.41. The zero-order valence-corrected chi connectivity index (χ0v) is 65.6. The number of rotatable bonds is 49. The zero-order valence-electron chi connectivity index (χ0n) is 57.5. The summed E-state index contributed by atoms with van der Waals surface area (Å²) < 4.78 is 31.8. The topological polar surface area (TPSA) is 36.9 Å². The van der Waals surface area contributed by atoms with E-state index in [-0.39, 0.29) is 10.8 Å². The third-order valence-corrected chi connectivity index (χ3v) is 32.8. The third-order valence-electron chi connectivity index (χ3n) is 19.7. The van der Waals surface area contributed by atoms with Crippen LogP contribution in [0.4, 0.5) is 0 Å². The highest BCUT2D eigenvalue weighted by molar-refractivity contribution is 8.06.